The number of benzene rings is 1. The predicted molar refractivity (Wildman–Crippen MR) is 119 cm³/mol. The molecular weight excluding hydrogens is 406 g/mol. The van der Waals surface area contributed by atoms with Crippen molar-refractivity contribution < 1.29 is 14.4 Å². The van der Waals surface area contributed by atoms with Crippen molar-refractivity contribution in [2.75, 3.05) is 24.5 Å². The quantitative estimate of drug-likeness (QED) is 0.797. The van der Waals surface area contributed by atoms with Gasteiger partial charge in [-0.2, -0.15) is 0 Å². The zero-order valence-corrected chi connectivity index (χ0v) is 17.9. The van der Waals surface area contributed by atoms with Crippen molar-refractivity contribution in [2.24, 2.45) is 0 Å². The Morgan fingerprint density at radius 2 is 2.00 bits per heavy atom. The second kappa shape index (κ2) is 8.70. The highest BCUT2D eigenvalue weighted by atomic mass is 16.2. The summed E-state index contributed by atoms with van der Waals surface area (Å²) in [6, 6.07) is 10.4. The van der Waals surface area contributed by atoms with Gasteiger partial charge in [-0.25, -0.2) is 4.79 Å². The number of anilines is 1. The maximum atomic E-state index is 13.5. The van der Waals surface area contributed by atoms with Gasteiger partial charge in [0, 0.05) is 24.6 Å². The molecule has 0 aliphatic carbocycles. The molecule has 2 fully saturated rings. The molecule has 1 aromatic carbocycles. The summed E-state index contributed by atoms with van der Waals surface area (Å²) in [4.78, 5) is 48.8. The largest absolute Gasteiger partial charge is 0.327 e. The lowest BCUT2D eigenvalue weighted by Gasteiger charge is -2.47. The first kappa shape index (κ1) is 20.6. The van der Waals surface area contributed by atoms with E-state index >= 15 is 0 Å². The molecular formula is C24H27N5O3. The Hall–Kier alpha value is -3.26. The number of nitrogens with zero attached hydrogens (tertiary/aromatic N) is 4. The molecule has 5 rings (SSSR count). The van der Waals surface area contributed by atoms with E-state index in [0.29, 0.717) is 13.0 Å². The zero-order chi connectivity index (χ0) is 22.1. The zero-order valence-electron chi connectivity index (χ0n) is 17.9. The monoisotopic (exact) mass is 433 g/mol. The lowest BCUT2D eigenvalue weighted by molar-refractivity contribution is -0.138. The van der Waals surface area contributed by atoms with Crippen molar-refractivity contribution in [1.29, 1.82) is 0 Å². The van der Waals surface area contributed by atoms with Crippen molar-refractivity contribution in [3.05, 3.63) is 59.9 Å². The Kier molecular flexibility index (Phi) is 5.61. The first-order valence-electron chi connectivity index (χ1n) is 11.3. The molecule has 1 N–H and O–H groups in total. The number of amides is 4. The van der Waals surface area contributed by atoms with Crippen LogP contribution < -0.4 is 10.2 Å². The van der Waals surface area contributed by atoms with Gasteiger partial charge in [0.15, 0.2) is 0 Å². The molecule has 1 aromatic heterocycles. The summed E-state index contributed by atoms with van der Waals surface area (Å²) >= 11 is 0. The Morgan fingerprint density at radius 1 is 1.12 bits per heavy atom. The molecule has 2 unspecified atom stereocenters. The average molecular weight is 434 g/mol. The maximum absolute atomic E-state index is 13.5. The standard InChI is InChI=1S/C24H27N5O3/c30-21(27-13-5-8-18-7-1-2-9-19(18)27)16-28-20-10-4-12-26-22(20)23(31)29(24(28)32)15-17-6-3-11-25-14-17/h1-3,6-7,9,11,14,20,22,26H,4-5,8,10,12-13,15-16H2. The summed E-state index contributed by atoms with van der Waals surface area (Å²) in [6.07, 6.45) is 6.73. The summed E-state index contributed by atoms with van der Waals surface area (Å²) in [7, 11) is 0. The van der Waals surface area contributed by atoms with E-state index in [2.05, 4.69) is 16.4 Å². The van der Waals surface area contributed by atoms with Gasteiger partial charge in [0.05, 0.1) is 12.6 Å². The predicted octanol–water partition coefficient (Wildman–Crippen LogP) is 1.95. The van der Waals surface area contributed by atoms with Crippen LogP contribution in [0.1, 0.15) is 30.4 Å². The fourth-order valence-corrected chi connectivity index (χ4v) is 5.05. The molecule has 2 atom stereocenters. The van der Waals surface area contributed by atoms with Gasteiger partial charge >= 0.3 is 6.03 Å². The summed E-state index contributed by atoms with van der Waals surface area (Å²) in [6.45, 7) is 1.48. The van der Waals surface area contributed by atoms with Crippen LogP contribution >= 0.6 is 0 Å². The van der Waals surface area contributed by atoms with Crippen LogP contribution in [0.15, 0.2) is 48.8 Å². The van der Waals surface area contributed by atoms with E-state index in [0.717, 1.165) is 42.6 Å². The van der Waals surface area contributed by atoms with E-state index in [1.54, 1.807) is 28.3 Å². The van der Waals surface area contributed by atoms with E-state index in [4.69, 9.17) is 0 Å². The number of carbonyl (C=O) groups is 3. The molecule has 2 aromatic rings. The summed E-state index contributed by atoms with van der Waals surface area (Å²) in [5.74, 6) is -0.332. The molecule has 8 nitrogen and oxygen atoms in total. The molecule has 3 aliphatic heterocycles. The van der Waals surface area contributed by atoms with Gasteiger partial charge in [-0.05, 0) is 55.5 Å². The normalized spacial score (nSPS) is 23.1. The summed E-state index contributed by atoms with van der Waals surface area (Å²) < 4.78 is 0. The average Bonchev–Trinajstić information content (AvgIpc) is 2.84. The van der Waals surface area contributed by atoms with E-state index in [-0.39, 0.29) is 30.9 Å². The van der Waals surface area contributed by atoms with Crippen LogP contribution in [0.4, 0.5) is 10.5 Å². The smallest absolute Gasteiger partial charge is 0.311 e. The minimum Gasteiger partial charge on any atom is -0.311 e. The Morgan fingerprint density at radius 3 is 2.84 bits per heavy atom. The number of hydrogen-bond acceptors (Lipinski definition) is 5. The topological polar surface area (TPSA) is 85.8 Å². The number of piperidine rings is 1. The van der Waals surface area contributed by atoms with Crippen LogP contribution in [0.25, 0.3) is 0 Å². The number of pyridine rings is 1. The maximum Gasteiger partial charge on any atom is 0.327 e. The molecule has 4 heterocycles. The summed E-state index contributed by atoms with van der Waals surface area (Å²) in [5, 5.41) is 3.28. The molecule has 3 aliphatic rings. The molecule has 4 amide bonds. The Balaban J connectivity index is 1.40. The number of nitrogens with one attached hydrogen (secondary N) is 1. The Labute approximate surface area is 187 Å². The van der Waals surface area contributed by atoms with Crippen LogP contribution in [0.2, 0.25) is 0 Å². The number of rotatable bonds is 4. The second-order valence-corrected chi connectivity index (χ2v) is 8.62. The van der Waals surface area contributed by atoms with E-state index < -0.39 is 12.1 Å². The fourth-order valence-electron chi connectivity index (χ4n) is 5.05. The van der Waals surface area contributed by atoms with Gasteiger partial charge in [-0.15, -0.1) is 0 Å². The first-order chi connectivity index (χ1) is 15.6. The lowest BCUT2D eigenvalue weighted by atomic mass is 9.93. The van der Waals surface area contributed by atoms with Crippen molar-refractivity contribution >= 4 is 23.5 Å². The number of fused-ring (bicyclic) bond motifs is 2. The first-order valence-corrected chi connectivity index (χ1v) is 11.3. The van der Waals surface area contributed by atoms with Crippen LogP contribution in [0.5, 0.6) is 0 Å². The van der Waals surface area contributed by atoms with Gasteiger partial charge < -0.3 is 15.1 Å². The SMILES string of the molecule is O=C1C2NCCCC2N(CC(=O)N2CCCc3ccccc32)C(=O)N1Cc1cccnc1. The van der Waals surface area contributed by atoms with Gasteiger partial charge in [-0.1, -0.05) is 24.3 Å². The van der Waals surface area contributed by atoms with Gasteiger partial charge in [0.25, 0.3) is 0 Å². The highest BCUT2D eigenvalue weighted by Gasteiger charge is 2.48. The van der Waals surface area contributed by atoms with Crippen molar-refractivity contribution in [3.8, 4) is 0 Å². The fraction of sp³-hybridized carbons (Fsp3) is 0.417. The Bertz CT molecular complexity index is 1030. The van der Waals surface area contributed by atoms with Crippen molar-refractivity contribution in [2.45, 2.75) is 44.3 Å². The number of carbonyl (C=O) groups excluding carboxylic acids is 3. The number of para-hydroxylation sites is 1. The highest BCUT2D eigenvalue weighted by molar-refractivity contribution is 6.03. The van der Waals surface area contributed by atoms with Gasteiger partial charge in [-0.3, -0.25) is 19.5 Å². The number of imide groups is 1. The molecule has 32 heavy (non-hydrogen) atoms. The highest BCUT2D eigenvalue weighted by Crippen LogP contribution is 2.29. The summed E-state index contributed by atoms with van der Waals surface area (Å²) in [5.41, 5.74) is 2.86. The van der Waals surface area contributed by atoms with Crippen molar-refractivity contribution in [1.82, 2.24) is 20.1 Å². The van der Waals surface area contributed by atoms with Crippen LogP contribution in [-0.4, -0.2) is 64.3 Å². The number of hydrogen-bond donors (Lipinski definition) is 1. The third-order valence-electron chi connectivity index (χ3n) is 6.62. The van der Waals surface area contributed by atoms with E-state index in [1.807, 2.05) is 24.3 Å². The number of aromatic nitrogens is 1. The minimum absolute atomic E-state index is 0.0349. The van der Waals surface area contributed by atoms with E-state index in [1.165, 1.54) is 4.90 Å². The third kappa shape index (κ3) is 3.75. The molecule has 166 valence electrons. The molecule has 0 radical (unpaired) electrons. The molecule has 0 bridgehead atoms. The van der Waals surface area contributed by atoms with Crippen LogP contribution in [-0.2, 0) is 22.6 Å². The molecule has 0 spiro atoms. The molecule has 0 saturated carbocycles. The molecule has 2 saturated heterocycles. The van der Waals surface area contributed by atoms with Gasteiger partial charge in [0.1, 0.15) is 12.6 Å². The van der Waals surface area contributed by atoms with Crippen LogP contribution in [0.3, 0.4) is 0 Å². The van der Waals surface area contributed by atoms with Crippen LogP contribution in [0, 0.1) is 0 Å². The third-order valence-corrected chi connectivity index (χ3v) is 6.62. The number of aryl methyl sites for hydroxylation is 1. The van der Waals surface area contributed by atoms with Crippen molar-refractivity contribution in [3.63, 3.8) is 0 Å². The lowest BCUT2D eigenvalue weighted by Crippen LogP contribution is -2.70. The minimum atomic E-state index is -0.487. The van der Waals surface area contributed by atoms with Gasteiger partial charge in [0.2, 0.25) is 11.8 Å². The second-order valence-electron chi connectivity index (χ2n) is 8.62. The van der Waals surface area contributed by atoms with E-state index in [9.17, 15) is 14.4 Å². The molecule has 8 heteroatoms. The number of urea groups is 1.